The van der Waals surface area contributed by atoms with Crippen molar-refractivity contribution in [2.45, 2.75) is 33.4 Å². The molecule has 4 heteroatoms. The van der Waals surface area contributed by atoms with E-state index in [2.05, 4.69) is 46.6 Å². The second kappa shape index (κ2) is 6.58. The van der Waals surface area contributed by atoms with Gasteiger partial charge in [-0.2, -0.15) is 0 Å². The molecule has 2 aromatic rings. The molecule has 3 heterocycles. The summed E-state index contributed by atoms with van der Waals surface area (Å²) >= 11 is 1.88. The number of nitrogens with one attached hydrogen (secondary N) is 1. The summed E-state index contributed by atoms with van der Waals surface area (Å²) in [5, 5.41) is 5.74. The largest absolute Gasteiger partial charge is 0.352 e. The third-order valence-electron chi connectivity index (χ3n) is 3.84. The Morgan fingerprint density at radius 1 is 1.38 bits per heavy atom. The number of rotatable bonds is 5. The Morgan fingerprint density at radius 3 is 3.14 bits per heavy atom. The van der Waals surface area contributed by atoms with Gasteiger partial charge in [-0.15, -0.1) is 11.3 Å². The van der Waals surface area contributed by atoms with E-state index >= 15 is 0 Å². The van der Waals surface area contributed by atoms with E-state index in [-0.39, 0.29) is 0 Å². The average molecular weight is 301 g/mol. The molecule has 2 aromatic heterocycles. The van der Waals surface area contributed by atoms with Gasteiger partial charge >= 0.3 is 0 Å². The Labute approximate surface area is 131 Å². The quantitative estimate of drug-likeness (QED) is 0.917. The molecular weight excluding hydrogens is 278 g/mol. The van der Waals surface area contributed by atoms with Gasteiger partial charge in [0.2, 0.25) is 0 Å². The average Bonchev–Trinajstić information content (AvgIpc) is 2.95. The Kier molecular flexibility index (Phi) is 4.56. The second-order valence-electron chi connectivity index (χ2n) is 6.05. The maximum Gasteiger partial charge on any atom is 0.133 e. The second-order valence-corrected chi connectivity index (χ2v) is 7.05. The van der Waals surface area contributed by atoms with Crippen LogP contribution in [0.5, 0.6) is 0 Å². The molecule has 3 rings (SSSR count). The maximum absolute atomic E-state index is 4.65. The van der Waals surface area contributed by atoms with Crippen molar-refractivity contribution in [3.05, 3.63) is 45.8 Å². The first-order valence-electron chi connectivity index (χ1n) is 7.69. The Bertz CT molecular complexity index is 591. The van der Waals surface area contributed by atoms with Gasteiger partial charge in [0, 0.05) is 36.3 Å². The van der Waals surface area contributed by atoms with Gasteiger partial charge in [-0.3, -0.25) is 0 Å². The van der Waals surface area contributed by atoms with Gasteiger partial charge in [0.05, 0.1) is 0 Å². The molecule has 0 atom stereocenters. The molecular formula is C17H23N3S. The summed E-state index contributed by atoms with van der Waals surface area (Å²) in [6.45, 7) is 8.48. The van der Waals surface area contributed by atoms with Crippen molar-refractivity contribution >= 4 is 17.2 Å². The van der Waals surface area contributed by atoms with Crippen LogP contribution in [-0.2, 0) is 19.5 Å². The van der Waals surface area contributed by atoms with E-state index in [1.54, 1.807) is 4.88 Å². The molecule has 0 spiro atoms. The zero-order valence-electron chi connectivity index (χ0n) is 12.8. The summed E-state index contributed by atoms with van der Waals surface area (Å²) in [6, 6.07) is 6.49. The fourth-order valence-electron chi connectivity index (χ4n) is 2.78. The van der Waals surface area contributed by atoms with Gasteiger partial charge in [0.25, 0.3) is 0 Å². The van der Waals surface area contributed by atoms with Crippen molar-refractivity contribution in [1.29, 1.82) is 0 Å². The van der Waals surface area contributed by atoms with Crippen molar-refractivity contribution in [2.75, 3.05) is 18.0 Å². The van der Waals surface area contributed by atoms with Crippen LogP contribution < -0.4 is 10.2 Å². The van der Waals surface area contributed by atoms with Crippen molar-refractivity contribution in [2.24, 2.45) is 5.92 Å². The minimum absolute atomic E-state index is 0.675. The van der Waals surface area contributed by atoms with Crippen molar-refractivity contribution in [3.63, 3.8) is 0 Å². The molecule has 3 nitrogen and oxygen atoms in total. The van der Waals surface area contributed by atoms with Crippen molar-refractivity contribution in [3.8, 4) is 0 Å². The van der Waals surface area contributed by atoms with E-state index < -0.39 is 0 Å². The van der Waals surface area contributed by atoms with Gasteiger partial charge in [0.1, 0.15) is 5.82 Å². The molecule has 0 saturated heterocycles. The molecule has 112 valence electrons. The Balaban J connectivity index is 1.73. The summed E-state index contributed by atoms with van der Waals surface area (Å²) in [5.41, 5.74) is 2.77. The van der Waals surface area contributed by atoms with Gasteiger partial charge in [-0.25, -0.2) is 4.98 Å². The van der Waals surface area contributed by atoms with Gasteiger partial charge in [0.15, 0.2) is 0 Å². The van der Waals surface area contributed by atoms with Gasteiger partial charge < -0.3 is 10.2 Å². The molecule has 1 N–H and O–H groups in total. The Hall–Kier alpha value is -1.39. The van der Waals surface area contributed by atoms with Gasteiger partial charge in [-0.05, 0) is 42.0 Å². The number of hydrogen-bond acceptors (Lipinski definition) is 4. The zero-order chi connectivity index (χ0) is 14.7. The van der Waals surface area contributed by atoms with Crippen molar-refractivity contribution < 1.29 is 0 Å². The number of thiophene rings is 1. The van der Waals surface area contributed by atoms with Crippen LogP contribution in [0.3, 0.4) is 0 Å². The van der Waals surface area contributed by atoms with Crippen LogP contribution in [-0.4, -0.2) is 18.1 Å². The highest BCUT2D eigenvalue weighted by Crippen LogP contribution is 2.28. The number of fused-ring (bicyclic) bond motifs is 1. The van der Waals surface area contributed by atoms with Crippen LogP contribution in [0.25, 0.3) is 0 Å². The maximum atomic E-state index is 4.65. The van der Waals surface area contributed by atoms with Crippen LogP contribution in [0, 0.1) is 5.92 Å². The lowest BCUT2D eigenvalue weighted by molar-refractivity contribution is 0.551. The highest BCUT2D eigenvalue weighted by atomic mass is 32.1. The lowest BCUT2D eigenvalue weighted by atomic mass is 10.1. The van der Waals surface area contributed by atoms with Gasteiger partial charge in [-0.1, -0.05) is 19.9 Å². The molecule has 1 aliphatic heterocycles. The molecule has 0 aromatic carbocycles. The summed E-state index contributed by atoms with van der Waals surface area (Å²) < 4.78 is 0. The first kappa shape index (κ1) is 14.5. The fraction of sp³-hybridized carbons (Fsp3) is 0.471. The first-order chi connectivity index (χ1) is 10.2. The van der Waals surface area contributed by atoms with Crippen LogP contribution in [0.15, 0.2) is 29.8 Å². The molecule has 0 unspecified atom stereocenters. The predicted molar refractivity (Wildman–Crippen MR) is 89.9 cm³/mol. The van der Waals surface area contributed by atoms with E-state index in [9.17, 15) is 0 Å². The smallest absolute Gasteiger partial charge is 0.133 e. The summed E-state index contributed by atoms with van der Waals surface area (Å²) in [6.07, 6.45) is 3.05. The normalized spacial score (nSPS) is 14.5. The molecule has 21 heavy (non-hydrogen) atoms. The first-order valence-corrected chi connectivity index (χ1v) is 8.57. The van der Waals surface area contributed by atoms with E-state index in [1.807, 2.05) is 23.6 Å². The predicted octanol–water partition coefficient (Wildman–Crippen LogP) is 3.45. The molecule has 0 amide bonds. The standard InChI is InChI=1S/C17H23N3S/c1-13(2)10-18-11-14-4-3-7-19-17(14)20-8-5-16-15(12-20)6-9-21-16/h3-4,6-7,9,13,18H,5,8,10-12H2,1-2H3. The van der Waals surface area contributed by atoms with Crippen molar-refractivity contribution in [1.82, 2.24) is 10.3 Å². The zero-order valence-corrected chi connectivity index (χ0v) is 13.6. The molecule has 0 aliphatic carbocycles. The lowest BCUT2D eigenvalue weighted by Crippen LogP contribution is -2.31. The number of anilines is 1. The lowest BCUT2D eigenvalue weighted by Gasteiger charge is -2.29. The fourth-order valence-corrected chi connectivity index (χ4v) is 3.67. The van der Waals surface area contributed by atoms with E-state index in [0.717, 1.165) is 38.4 Å². The molecule has 1 aliphatic rings. The monoisotopic (exact) mass is 301 g/mol. The molecule has 0 bridgehead atoms. The molecule has 0 saturated carbocycles. The van der Waals surface area contributed by atoms with E-state index in [1.165, 1.54) is 11.1 Å². The molecule has 0 radical (unpaired) electrons. The number of nitrogens with zero attached hydrogens (tertiary/aromatic N) is 2. The summed E-state index contributed by atoms with van der Waals surface area (Å²) in [4.78, 5) is 8.61. The van der Waals surface area contributed by atoms with E-state index in [0.29, 0.717) is 5.92 Å². The number of hydrogen-bond donors (Lipinski definition) is 1. The third-order valence-corrected chi connectivity index (χ3v) is 4.87. The molecule has 0 fully saturated rings. The number of aromatic nitrogens is 1. The summed E-state index contributed by atoms with van der Waals surface area (Å²) in [7, 11) is 0. The minimum Gasteiger partial charge on any atom is -0.352 e. The topological polar surface area (TPSA) is 28.2 Å². The van der Waals surface area contributed by atoms with Crippen LogP contribution in [0.1, 0.15) is 29.9 Å². The van der Waals surface area contributed by atoms with Crippen LogP contribution in [0.4, 0.5) is 5.82 Å². The highest BCUT2D eigenvalue weighted by molar-refractivity contribution is 7.10. The van der Waals surface area contributed by atoms with Crippen LogP contribution in [0.2, 0.25) is 0 Å². The highest BCUT2D eigenvalue weighted by Gasteiger charge is 2.20. The third kappa shape index (κ3) is 3.44. The minimum atomic E-state index is 0.675. The van der Waals surface area contributed by atoms with E-state index in [4.69, 9.17) is 0 Å². The SMILES string of the molecule is CC(C)CNCc1cccnc1N1CCc2sccc2C1. The number of pyridine rings is 1. The Morgan fingerprint density at radius 2 is 2.29 bits per heavy atom. The van der Waals surface area contributed by atoms with Crippen LogP contribution >= 0.6 is 11.3 Å². The summed E-state index contributed by atoms with van der Waals surface area (Å²) in [5.74, 6) is 1.82.